The van der Waals surface area contributed by atoms with Crippen LogP contribution in [0, 0.1) is 0 Å². The molecule has 64 valence electrons. The van der Waals surface area contributed by atoms with E-state index in [1.54, 1.807) is 0 Å². The van der Waals surface area contributed by atoms with E-state index in [-0.39, 0.29) is 0 Å². The third-order valence-corrected chi connectivity index (χ3v) is 2.50. The molecule has 0 aromatic carbocycles. The number of hydrogen-bond donors (Lipinski definition) is 2. The molecule has 0 spiro atoms. The molecule has 2 N–H and O–H groups in total. The van der Waals surface area contributed by atoms with Gasteiger partial charge >= 0.3 is 0 Å². The molecule has 0 aromatic rings. The van der Waals surface area contributed by atoms with Crippen LogP contribution in [0.5, 0.6) is 0 Å². The lowest BCUT2D eigenvalue weighted by Gasteiger charge is -2.38. The van der Waals surface area contributed by atoms with E-state index < -0.39 is 5.60 Å². The topological polar surface area (TPSA) is 32.3 Å². The summed E-state index contributed by atoms with van der Waals surface area (Å²) < 4.78 is 0. The van der Waals surface area contributed by atoms with Crippen LogP contribution in [0.2, 0.25) is 0 Å². The van der Waals surface area contributed by atoms with Crippen molar-refractivity contribution in [3.8, 4) is 0 Å². The van der Waals surface area contributed by atoms with Crippen molar-refractivity contribution in [1.29, 1.82) is 0 Å². The van der Waals surface area contributed by atoms with E-state index in [2.05, 4.69) is 5.32 Å². The third kappa shape index (κ3) is 1.18. The fourth-order valence-electron chi connectivity index (χ4n) is 1.53. The van der Waals surface area contributed by atoms with Crippen LogP contribution in [0.3, 0.4) is 0 Å². The van der Waals surface area contributed by atoms with Crippen LogP contribution in [-0.4, -0.2) is 10.7 Å². The number of nitrogens with one attached hydrogen (secondary N) is 1. The van der Waals surface area contributed by atoms with Gasteiger partial charge in [-0.1, -0.05) is 12.2 Å². The van der Waals surface area contributed by atoms with Gasteiger partial charge in [0, 0.05) is 11.9 Å². The second kappa shape index (κ2) is 2.79. The summed E-state index contributed by atoms with van der Waals surface area (Å²) in [5, 5.41) is 13.1. The fourth-order valence-corrected chi connectivity index (χ4v) is 1.53. The molecule has 0 saturated heterocycles. The maximum atomic E-state index is 9.96. The molecule has 1 fully saturated rings. The van der Waals surface area contributed by atoms with Gasteiger partial charge in [0.25, 0.3) is 0 Å². The predicted octanol–water partition coefficient (Wildman–Crippen LogP) is 1.46. The zero-order chi connectivity index (χ0) is 8.44. The van der Waals surface area contributed by atoms with Gasteiger partial charge < -0.3 is 10.4 Å². The Bertz CT molecular complexity index is 259. The first-order chi connectivity index (χ1) is 5.81. The SMILES string of the molecule is OC1(C2=CC=CC=CN2)CCC1. The monoisotopic (exact) mass is 163 g/mol. The van der Waals surface area contributed by atoms with Crippen molar-refractivity contribution in [2.45, 2.75) is 24.9 Å². The first-order valence-electron chi connectivity index (χ1n) is 4.34. The summed E-state index contributed by atoms with van der Waals surface area (Å²) in [6.45, 7) is 0. The average molecular weight is 163 g/mol. The van der Waals surface area contributed by atoms with Gasteiger partial charge in [0.2, 0.25) is 0 Å². The fraction of sp³-hybridized carbons (Fsp3) is 0.400. The van der Waals surface area contributed by atoms with Gasteiger partial charge in [0.1, 0.15) is 5.60 Å². The molecule has 0 atom stereocenters. The summed E-state index contributed by atoms with van der Waals surface area (Å²) in [7, 11) is 0. The maximum Gasteiger partial charge on any atom is 0.104 e. The summed E-state index contributed by atoms with van der Waals surface area (Å²) in [5.74, 6) is 0. The highest BCUT2D eigenvalue weighted by Crippen LogP contribution is 2.36. The standard InChI is InChI=1S/C10H13NO/c12-10(6-4-7-10)9-5-2-1-3-8-11-9/h1-3,5,8,11-12H,4,6-7H2. The molecular formula is C10H13NO. The van der Waals surface area contributed by atoms with E-state index in [0.717, 1.165) is 25.0 Å². The molecule has 2 rings (SSSR count). The van der Waals surface area contributed by atoms with E-state index in [4.69, 9.17) is 0 Å². The van der Waals surface area contributed by atoms with E-state index in [9.17, 15) is 5.11 Å². The van der Waals surface area contributed by atoms with Gasteiger partial charge in [-0.3, -0.25) is 0 Å². The smallest absolute Gasteiger partial charge is 0.104 e. The molecule has 1 saturated carbocycles. The van der Waals surface area contributed by atoms with Crippen LogP contribution >= 0.6 is 0 Å². The second-order valence-electron chi connectivity index (χ2n) is 3.35. The lowest BCUT2D eigenvalue weighted by molar-refractivity contribution is -0.00175. The highest BCUT2D eigenvalue weighted by molar-refractivity contribution is 5.28. The summed E-state index contributed by atoms with van der Waals surface area (Å²) in [6.07, 6.45) is 12.5. The van der Waals surface area contributed by atoms with Crippen LogP contribution in [0.1, 0.15) is 19.3 Å². The van der Waals surface area contributed by atoms with E-state index in [1.165, 1.54) is 0 Å². The molecule has 1 heterocycles. The molecule has 0 bridgehead atoms. The first kappa shape index (κ1) is 7.62. The maximum absolute atomic E-state index is 9.96. The van der Waals surface area contributed by atoms with Crippen LogP contribution in [-0.2, 0) is 0 Å². The molecule has 12 heavy (non-hydrogen) atoms. The minimum Gasteiger partial charge on any atom is -0.384 e. The predicted molar refractivity (Wildman–Crippen MR) is 48.3 cm³/mol. The van der Waals surface area contributed by atoms with Crippen molar-refractivity contribution >= 4 is 0 Å². The Labute approximate surface area is 72.3 Å². The van der Waals surface area contributed by atoms with Crippen molar-refractivity contribution in [2.24, 2.45) is 0 Å². The molecular weight excluding hydrogens is 150 g/mol. The van der Waals surface area contributed by atoms with Crippen LogP contribution < -0.4 is 5.32 Å². The normalized spacial score (nSPS) is 25.2. The number of rotatable bonds is 1. The Morgan fingerprint density at radius 2 is 2.08 bits per heavy atom. The Morgan fingerprint density at radius 1 is 1.25 bits per heavy atom. The van der Waals surface area contributed by atoms with Gasteiger partial charge in [0.15, 0.2) is 0 Å². The van der Waals surface area contributed by atoms with Crippen LogP contribution in [0.4, 0.5) is 0 Å². The highest BCUT2D eigenvalue weighted by atomic mass is 16.3. The Hall–Kier alpha value is -1.02. The lowest BCUT2D eigenvalue weighted by atomic mass is 9.77. The van der Waals surface area contributed by atoms with Gasteiger partial charge in [-0.05, 0) is 31.4 Å². The molecule has 0 aromatic heterocycles. The summed E-state index contributed by atoms with van der Waals surface area (Å²) >= 11 is 0. The zero-order valence-corrected chi connectivity index (χ0v) is 6.96. The van der Waals surface area contributed by atoms with Gasteiger partial charge in [-0.15, -0.1) is 0 Å². The largest absolute Gasteiger partial charge is 0.384 e. The highest BCUT2D eigenvalue weighted by Gasteiger charge is 2.37. The van der Waals surface area contributed by atoms with E-state index in [0.29, 0.717) is 0 Å². The van der Waals surface area contributed by atoms with Crippen molar-refractivity contribution < 1.29 is 5.11 Å². The summed E-state index contributed by atoms with van der Waals surface area (Å²) in [4.78, 5) is 0. The van der Waals surface area contributed by atoms with Crippen molar-refractivity contribution in [1.82, 2.24) is 5.32 Å². The molecule has 0 unspecified atom stereocenters. The quantitative estimate of drug-likeness (QED) is 0.613. The Balaban J connectivity index is 2.17. The number of allylic oxidation sites excluding steroid dienone is 4. The summed E-state index contributed by atoms with van der Waals surface area (Å²) in [6, 6.07) is 0. The number of hydrogen-bond acceptors (Lipinski definition) is 2. The minimum atomic E-state index is -0.570. The Kier molecular flexibility index (Phi) is 1.77. The average Bonchev–Trinajstić information content (AvgIpc) is 2.27. The Morgan fingerprint density at radius 3 is 2.75 bits per heavy atom. The minimum absolute atomic E-state index is 0.570. The van der Waals surface area contributed by atoms with Crippen LogP contribution in [0.15, 0.2) is 36.2 Å². The van der Waals surface area contributed by atoms with Crippen molar-refractivity contribution in [2.75, 3.05) is 0 Å². The van der Waals surface area contributed by atoms with E-state index >= 15 is 0 Å². The van der Waals surface area contributed by atoms with Crippen molar-refractivity contribution in [3.05, 3.63) is 36.2 Å². The van der Waals surface area contributed by atoms with Gasteiger partial charge in [-0.25, -0.2) is 0 Å². The molecule has 1 aliphatic carbocycles. The molecule has 0 radical (unpaired) electrons. The van der Waals surface area contributed by atoms with Gasteiger partial charge in [-0.2, -0.15) is 0 Å². The molecule has 2 aliphatic rings. The van der Waals surface area contributed by atoms with Crippen molar-refractivity contribution in [3.63, 3.8) is 0 Å². The van der Waals surface area contributed by atoms with Crippen LogP contribution in [0.25, 0.3) is 0 Å². The second-order valence-corrected chi connectivity index (χ2v) is 3.35. The first-order valence-corrected chi connectivity index (χ1v) is 4.34. The third-order valence-electron chi connectivity index (χ3n) is 2.50. The molecule has 0 amide bonds. The summed E-state index contributed by atoms with van der Waals surface area (Å²) in [5.41, 5.74) is 0.359. The molecule has 1 aliphatic heterocycles. The zero-order valence-electron chi connectivity index (χ0n) is 6.96. The van der Waals surface area contributed by atoms with Gasteiger partial charge in [0.05, 0.1) is 0 Å². The number of aliphatic hydroxyl groups is 1. The molecule has 2 nitrogen and oxygen atoms in total. The molecule has 2 heteroatoms. The lowest BCUT2D eigenvalue weighted by Crippen LogP contribution is -2.42. The van der Waals surface area contributed by atoms with E-state index in [1.807, 2.05) is 30.5 Å².